The Labute approximate surface area is 112 Å². The normalized spacial score (nSPS) is 46.8. The second kappa shape index (κ2) is 5.36. The Morgan fingerprint density at radius 2 is 1.78 bits per heavy atom. The van der Waals surface area contributed by atoms with Crippen molar-refractivity contribution in [2.24, 2.45) is 41.2 Å². The van der Waals surface area contributed by atoms with Crippen LogP contribution in [0.5, 0.6) is 0 Å². The van der Waals surface area contributed by atoms with Gasteiger partial charge in [0.2, 0.25) is 0 Å². The zero-order chi connectivity index (χ0) is 12.5. The monoisotopic (exact) mass is 247 g/mol. The molecule has 0 heterocycles. The molecule has 3 rings (SSSR count). The predicted molar refractivity (Wildman–Crippen MR) is 77.1 cm³/mol. The molecule has 6 atom stereocenters. The Morgan fingerprint density at radius 3 is 2.39 bits per heavy atom. The van der Waals surface area contributed by atoms with E-state index < -0.39 is 0 Å². The molecule has 0 aromatic heterocycles. The Morgan fingerprint density at radius 1 is 1.06 bits per heavy atom. The van der Waals surface area contributed by atoms with Gasteiger partial charge in [0.15, 0.2) is 0 Å². The summed E-state index contributed by atoms with van der Waals surface area (Å²) < 4.78 is 0. The van der Waals surface area contributed by atoms with Gasteiger partial charge in [-0.2, -0.15) is 0 Å². The van der Waals surface area contributed by atoms with Crippen molar-refractivity contribution in [3.8, 4) is 0 Å². The van der Waals surface area contributed by atoms with E-state index in [1.807, 2.05) is 0 Å². The third kappa shape index (κ3) is 2.15. The fraction of sp³-hybridized carbons (Fsp3) is 0.882. The Balaban J connectivity index is 1.70. The zero-order valence-electron chi connectivity index (χ0n) is 11.9. The van der Waals surface area contributed by atoms with Crippen molar-refractivity contribution >= 4 is 0 Å². The van der Waals surface area contributed by atoms with Gasteiger partial charge >= 0.3 is 0 Å². The molecule has 1 heteroatoms. The van der Waals surface area contributed by atoms with Gasteiger partial charge in [-0.1, -0.05) is 25.5 Å². The number of allylic oxidation sites excluding steroid dienone is 2. The lowest BCUT2D eigenvalue weighted by molar-refractivity contribution is 0.0810. The Bertz CT molecular complexity index is 309. The molecule has 0 saturated heterocycles. The maximum Gasteiger partial charge on any atom is -0.00461 e. The molecule has 2 saturated carbocycles. The second-order valence-corrected chi connectivity index (χ2v) is 6.98. The van der Waals surface area contributed by atoms with Crippen LogP contribution in [-0.4, -0.2) is 6.54 Å². The van der Waals surface area contributed by atoms with Gasteiger partial charge in [0.25, 0.3) is 0 Å². The minimum atomic E-state index is 0.847. The quantitative estimate of drug-likeness (QED) is 0.747. The zero-order valence-corrected chi connectivity index (χ0v) is 11.9. The first kappa shape index (κ1) is 12.7. The standard InChI is InChI=1S/C17H29N/c1-2-13-6-7-15(11-18)16-9-8-14(17(13)16)10-12-4-3-5-12/h3-4,12-17H,2,5-11,18H2,1H3. The number of hydrogen-bond acceptors (Lipinski definition) is 1. The van der Waals surface area contributed by atoms with Gasteiger partial charge in [-0.05, 0) is 80.6 Å². The minimum absolute atomic E-state index is 0.847. The van der Waals surface area contributed by atoms with Gasteiger partial charge in [-0.25, -0.2) is 0 Å². The van der Waals surface area contributed by atoms with Gasteiger partial charge in [0, 0.05) is 0 Å². The summed E-state index contributed by atoms with van der Waals surface area (Å²) in [5, 5.41) is 0. The molecule has 102 valence electrons. The summed E-state index contributed by atoms with van der Waals surface area (Å²) in [4.78, 5) is 0. The molecule has 0 amide bonds. The van der Waals surface area contributed by atoms with Crippen LogP contribution in [0.1, 0.15) is 51.9 Å². The molecule has 6 unspecified atom stereocenters. The number of hydrogen-bond donors (Lipinski definition) is 1. The van der Waals surface area contributed by atoms with Gasteiger partial charge in [0.05, 0.1) is 0 Å². The molecular weight excluding hydrogens is 218 g/mol. The van der Waals surface area contributed by atoms with Gasteiger partial charge < -0.3 is 5.73 Å². The van der Waals surface area contributed by atoms with Crippen LogP contribution in [0.25, 0.3) is 0 Å². The number of fused-ring (bicyclic) bond motifs is 1. The summed E-state index contributed by atoms with van der Waals surface area (Å²) in [7, 11) is 0. The summed E-state index contributed by atoms with van der Waals surface area (Å²) in [6, 6.07) is 0. The Hall–Kier alpha value is -0.300. The third-order valence-corrected chi connectivity index (χ3v) is 6.25. The van der Waals surface area contributed by atoms with E-state index in [1.54, 1.807) is 0 Å². The largest absolute Gasteiger partial charge is 0.330 e. The van der Waals surface area contributed by atoms with Crippen molar-refractivity contribution in [3.05, 3.63) is 12.2 Å². The molecule has 0 aromatic carbocycles. The molecule has 1 nitrogen and oxygen atoms in total. The number of nitrogens with two attached hydrogens (primary N) is 1. The number of rotatable bonds is 4. The van der Waals surface area contributed by atoms with Crippen molar-refractivity contribution in [3.63, 3.8) is 0 Å². The summed E-state index contributed by atoms with van der Waals surface area (Å²) in [6.45, 7) is 3.34. The van der Waals surface area contributed by atoms with Crippen LogP contribution in [-0.2, 0) is 0 Å². The first-order valence-electron chi connectivity index (χ1n) is 8.20. The summed E-state index contributed by atoms with van der Waals surface area (Å²) in [5.41, 5.74) is 6.02. The highest BCUT2D eigenvalue weighted by Crippen LogP contribution is 2.54. The molecule has 2 fully saturated rings. The molecule has 2 N–H and O–H groups in total. The van der Waals surface area contributed by atoms with Crippen molar-refractivity contribution in [1.82, 2.24) is 0 Å². The van der Waals surface area contributed by atoms with Crippen LogP contribution >= 0.6 is 0 Å². The topological polar surface area (TPSA) is 26.0 Å². The molecule has 0 spiro atoms. The first-order valence-corrected chi connectivity index (χ1v) is 8.20. The highest BCUT2D eigenvalue weighted by Gasteiger charge is 2.46. The van der Waals surface area contributed by atoms with Crippen LogP contribution in [0.4, 0.5) is 0 Å². The van der Waals surface area contributed by atoms with E-state index in [0.717, 1.165) is 42.1 Å². The van der Waals surface area contributed by atoms with E-state index in [1.165, 1.54) is 44.9 Å². The van der Waals surface area contributed by atoms with Crippen LogP contribution in [0.3, 0.4) is 0 Å². The summed E-state index contributed by atoms with van der Waals surface area (Å²) in [5.74, 6) is 5.79. The van der Waals surface area contributed by atoms with E-state index in [2.05, 4.69) is 19.1 Å². The molecule has 3 aliphatic rings. The third-order valence-electron chi connectivity index (χ3n) is 6.25. The van der Waals surface area contributed by atoms with Crippen molar-refractivity contribution < 1.29 is 0 Å². The summed E-state index contributed by atoms with van der Waals surface area (Å²) >= 11 is 0. The molecular formula is C17H29N. The highest BCUT2D eigenvalue weighted by molar-refractivity contribution is 5.04. The van der Waals surface area contributed by atoms with Crippen LogP contribution in [0, 0.1) is 35.5 Å². The van der Waals surface area contributed by atoms with Gasteiger partial charge in [-0.15, -0.1) is 0 Å². The fourth-order valence-corrected chi connectivity index (χ4v) is 5.20. The SMILES string of the molecule is CCC1CCC(CN)C2CCC(CC3C=CC3)C12. The van der Waals surface area contributed by atoms with Crippen LogP contribution in [0.2, 0.25) is 0 Å². The molecule has 18 heavy (non-hydrogen) atoms. The minimum Gasteiger partial charge on any atom is -0.330 e. The smallest absolute Gasteiger partial charge is 0.00461 e. The van der Waals surface area contributed by atoms with Crippen molar-refractivity contribution in [1.29, 1.82) is 0 Å². The van der Waals surface area contributed by atoms with Gasteiger partial charge in [-0.3, -0.25) is 0 Å². The van der Waals surface area contributed by atoms with Crippen LogP contribution < -0.4 is 5.73 Å². The predicted octanol–water partition coefficient (Wildman–Crippen LogP) is 3.99. The van der Waals surface area contributed by atoms with Crippen LogP contribution in [0.15, 0.2) is 12.2 Å². The molecule has 0 aliphatic heterocycles. The van der Waals surface area contributed by atoms with Gasteiger partial charge in [0.1, 0.15) is 0 Å². The maximum atomic E-state index is 6.02. The van der Waals surface area contributed by atoms with E-state index >= 15 is 0 Å². The molecule has 0 radical (unpaired) electrons. The molecule has 0 bridgehead atoms. The second-order valence-electron chi connectivity index (χ2n) is 6.98. The maximum absolute atomic E-state index is 6.02. The average molecular weight is 247 g/mol. The fourth-order valence-electron chi connectivity index (χ4n) is 5.20. The van der Waals surface area contributed by atoms with Crippen molar-refractivity contribution in [2.75, 3.05) is 6.54 Å². The van der Waals surface area contributed by atoms with E-state index in [9.17, 15) is 0 Å². The van der Waals surface area contributed by atoms with E-state index in [-0.39, 0.29) is 0 Å². The highest BCUT2D eigenvalue weighted by atomic mass is 14.6. The Kier molecular flexibility index (Phi) is 3.79. The lowest BCUT2D eigenvalue weighted by Gasteiger charge is -2.42. The summed E-state index contributed by atoms with van der Waals surface area (Å²) in [6.07, 6.45) is 14.8. The molecule has 0 aromatic rings. The van der Waals surface area contributed by atoms with Crippen molar-refractivity contribution in [2.45, 2.75) is 51.9 Å². The first-order chi connectivity index (χ1) is 8.83. The van der Waals surface area contributed by atoms with E-state index in [4.69, 9.17) is 5.73 Å². The van der Waals surface area contributed by atoms with E-state index in [0.29, 0.717) is 0 Å². The molecule has 3 aliphatic carbocycles. The average Bonchev–Trinajstić information content (AvgIpc) is 2.77. The lowest BCUT2D eigenvalue weighted by atomic mass is 9.64. The lowest BCUT2D eigenvalue weighted by Crippen LogP contribution is -2.37.